The Balaban J connectivity index is 0.00000193. The zero-order valence-corrected chi connectivity index (χ0v) is 21.0. The molecule has 182 valence electrons. The van der Waals surface area contributed by atoms with E-state index in [0.717, 1.165) is 55.4 Å². The first-order chi connectivity index (χ1) is 14.7. The Labute approximate surface area is 210 Å². The zero-order chi connectivity index (χ0) is 22.2. The minimum Gasteiger partial charge on any atom is -0.412 e. The van der Waals surface area contributed by atoms with Crippen LogP contribution in [0.15, 0.2) is 41.3 Å². The first-order valence-corrected chi connectivity index (χ1v) is 12.4. The van der Waals surface area contributed by atoms with Gasteiger partial charge in [0.15, 0.2) is 0 Å². The van der Waals surface area contributed by atoms with Crippen molar-refractivity contribution >= 4 is 57.2 Å². The van der Waals surface area contributed by atoms with Crippen LogP contribution in [0, 0.1) is 0 Å². The molecule has 0 spiro atoms. The van der Waals surface area contributed by atoms with E-state index in [0.29, 0.717) is 18.7 Å². The molecule has 0 saturated carbocycles. The van der Waals surface area contributed by atoms with Crippen LogP contribution in [0.3, 0.4) is 0 Å². The fourth-order valence-electron chi connectivity index (χ4n) is 4.16. The molecule has 0 radical (unpaired) electrons. The molecule has 12 heteroatoms. The summed E-state index contributed by atoms with van der Waals surface area (Å²) in [5, 5.41) is 5.99. The number of fused-ring (bicyclic) bond motifs is 1. The molecule has 2 aromatic carbocycles. The van der Waals surface area contributed by atoms with Gasteiger partial charge in [-0.3, -0.25) is 9.69 Å². The van der Waals surface area contributed by atoms with Crippen molar-refractivity contribution in [2.24, 2.45) is 5.14 Å². The summed E-state index contributed by atoms with van der Waals surface area (Å²) < 4.78 is 23.3. The SMILES string of the molecule is Cl.NS(=O)(=O)c1cc2c(cc1Cl)CN(CCCN1CCN(c3cccc(Cl)c3)CC1)C2=O.O. The molecule has 4 rings (SSSR count). The lowest BCUT2D eigenvalue weighted by Gasteiger charge is -2.36. The first-order valence-electron chi connectivity index (χ1n) is 10.1. The van der Waals surface area contributed by atoms with Crippen molar-refractivity contribution < 1.29 is 18.7 Å². The summed E-state index contributed by atoms with van der Waals surface area (Å²) in [5.41, 5.74) is 2.24. The topological polar surface area (TPSA) is 118 Å². The lowest BCUT2D eigenvalue weighted by atomic mass is 10.1. The van der Waals surface area contributed by atoms with Crippen LogP contribution < -0.4 is 10.0 Å². The summed E-state index contributed by atoms with van der Waals surface area (Å²) in [5.74, 6) is -0.178. The van der Waals surface area contributed by atoms with Crippen LogP contribution in [0.25, 0.3) is 0 Å². The average Bonchev–Trinajstić information content (AvgIpc) is 3.02. The van der Waals surface area contributed by atoms with Crippen LogP contribution in [-0.4, -0.2) is 68.9 Å². The number of rotatable bonds is 6. The number of halogens is 3. The Morgan fingerprint density at radius 2 is 1.70 bits per heavy atom. The maximum atomic E-state index is 12.7. The quantitative estimate of drug-likeness (QED) is 0.607. The van der Waals surface area contributed by atoms with Gasteiger partial charge in [-0.25, -0.2) is 13.6 Å². The highest BCUT2D eigenvalue weighted by Gasteiger charge is 2.30. The number of amides is 1. The number of nitrogens with two attached hydrogens (primary N) is 1. The van der Waals surface area contributed by atoms with Crippen LogP contribution >= 0.6 is 35.6 Å². The number of piperazine rings is 1. The molecular weight excluding hydrogens is 511 g/mol. The zero-order valence-electron chi connectivity index (χ0n) is 17.8. The second kappa shape index (κ2) is 11.2. The predicted molar refractivity (Wildman–Crippen MR) is 133 cm³/mol. The van der Waals surface area contributed by atoms with Crippen molar-refractivity contribution in [2.75, 3.05) is 44.2 Å². The molecule has 0 atom stereocenters. The minimum absolute atomic E-state index is 0. The van der Waals surface area contributed by atoms with Crippen molar-refractivity contribution in [1.82, 2.24) is 9.80 Å². The Morgan fingerprint density at radius 1 is 1.00 bits per heavy atom. The van der Waals surface area contributed by atoms with Gasteiger partial charge in [0.05, 0.1) is 5.02 Å². The maximum Gasteiger partial charge on any atom is 0.254 e. The van der Waals surface area contributed by atoms with Crippen molar-refractivity contribution in [2.45, 2.75) is 17.9 Å². The van der Waals surface area contributed by atoms with E-state index in [1.807, 2.05) is 18.2 Å². The van der Waals surface area contributed by atoms with E-state index in [4.69, 9.17) is 28.3 Å². The van der Waals surface area contributed by atoms with Gasteiger partial charge in [0.25, 0.3) is 5.91 Å². The minimum atomic E-state index is -3.98. The van der Waals surface area contributed by atoms with E-state index in [1.54, 1.807) is 4.90 Å². The summed E-state index contributed by atoms with van der Waals surface area (Å²) in [6.07, 6.45) is 0.840. The highest BCUT2D eigenvalue weighted by Crippen LogP contribution is 2.31. The van der Waals surface area contributed by atoms with Crippen molar-refractivity contribution in [1.29, 1.82) is 0 Å². The van der Waals surface area contributed by atoms with E-state index >= 15 is 0 Å². The molecule has 2 aliphatic heterocycles. The third-order valence-corrected chi connectivity index (χ3v) is 7.40. The molecule has 1 saturated heterocycles. The van der Waals surface area contributed by atoms with Crippen LogP contribution in [0.4, 0.5) is 5.69 Å². The number of hydrogen-bond acceptors (Lipinski definition) is 5. The number of carbonyl (C=O) groups is 1. The van der Waals surface area contributed by atoms with Gasteiger partial charge in [-0.2, -0.15) is 0 Å². The predicted octanol–water partition coefficient (Wildman–Crippen LogP) is 2.41. The smallest absolute Gasteiger partial charge is 0.254 e. The van der Waals surface area contributed by atoms with E-state index in [1.165, 1.54) is 12.1 Å². The molecule has 1 fully saturated rings. The second-order valence-corrected chi connectivity index (χ2v) is 10.2. The van der Waals surface area contributed by atoms with Crippen molar-refractivity contribution in [3.8, 4) is 0 Å². The summed E-state index contributed by atoms with van der Waals surface area (Å²) >= 11 is 12.1. The van der Waals surface area contributed by atoms with E-state index in [2.05, 4.69) is 15.9 Å². The molecule has 2 aliphatic rings. The molecule has 2 heterocycles. The molecule has 2 aromatic rings. The fourth-order valence-corrected chi connectivity index (χ4v) is 5.46. The molecule has 0 aromatic heterocycles. The summed E-state index contributed by atoms with van der Waals surface area (Å²) in [7, 11) is -3.98. The van der Waals surface area contributed by atoms with E-state index < -0.39 is 10.0 Å². The monoisotopic (exact) mass is 536 g/mol. The number of anilines is 1. The lowest BCUT2D eigenvalue weighted by molar-refractivity contribution is 0.0770. The number of hydrogen-bond donors (Lipinski definition) is 1. The van der Waals surface area contributed by atoms with Crippen molar-refractivity contribution in [3.63, 3.8) is 0 Å². The Hall–Kier alpha value is -1.59. The Morgan fingerprint density at radius 3 is 2.33 bits per heavy atom. The molecule has 8 nitrogen and oxygen atoms in total. The standard InChI is InChI=1S/C21H24Cl2N4O3S.ClH.H2O/c22-16-3-1-4-17(12-16)26-9-7-25(8-10-26)5-2-6-27-14-15-11-19(23)20(31(24,29)30)13-18(15)21(27)28;;/h1,3-4,11-13H,2,5-10,14H2,(H2,24,29,30);1H;1H2. The third kappa shape index (κ3) is 6.30. The number of sulfonamides is 1. The van der Waals surface area contributed by atoms with Gasteiger partial charge in [0.1, 0.15) is 4.90 Å². The Kier molecular flexibility index (Phi) is 9.41. The highest BCUT2D eigenvalue weighted by atomic mass is 35.5. The van der Waals surface area contributed by atoms with Gasteiger partial charge in [0.2, 0.25) is 10.0 Å². The fraction of sp³-hybridized carbons (Fsp3) is 0.381. The van der Waals surface area contributed by atoms with Gasteiger partial charge >= 0.3 is 0 Å². The van der Waals surface area contributed by atoms with Crippen LogP contribution in [0.2, 0.25) is 10.0 Å². The molecule has 33 heavy (non-hydrogen) atoms. The van der Waals surface area contributed by atoms with Gasteiger partial charge in [0, 0.05) is 55.5 Å². The third-order valence-electron chi connectivity index (χ3n) is 5.79. The van der Waals surface area contributed by atoms with E-state index in [9.17, 15) is 13.2 Å². The molecular formula is C21H27Cl3N4O4S. The normalized spacial score (nSPS) is 16.3. The van der Waals surface area contributed by atoms with Crippen LogP contribution in [0.1, 0.15) is 22.3 Å². The van der Waals surface area contributed by atoms with Gasteiger partial charge < -0.3 is 15.3 Å². The van der Waals surface area contributed by atoms with Gasteiger partial charge in [-0.05, 0) is 48.9 Å². The summed E-state index contributed by atoms with van der Waals surface area (Å²) in [6, 6.07) is 10.7. The van der Waals surface area contributed by atoms with Crippen LogP contribution in [-0.2, 0) is 16.6 Å². The summed E-state index contributed by atoms with van der Waals surface area (Å²) in [6.45, 7) is 5.70. The number of carbonyl (C=O) groups excluding carboxylic acids is 1. The molecule has 1 amide bonds. The highest BCUT2D eigenvalue weighted by molar-refractivity contribution is 7.89. The number of nitrogens with zero attached hydrogens (tertiary/aromatic N) is 3. The van der Waals surface area contributed by atoms with E-state index in [-0.39, 0.29) is 33.7 Å². The molecule has 0 bridgehead atoms. The van der Waals surface area contributed by atoms with Gasteiger partial charge in [-0.15, -0.1) is 12.4 Å². The van der Waals surface area contributed by atoms with Crippen molar-refractivity contribution in [3.05, 3.63) is 57.6 Å². The molecule has 0 unspecified atom stereocenters. The number of primary sulfonamides is 1. The largest absolute Gasteiger partial charge is 0.412 e. The average molecular weight is 538 g/mol. The molecule has 4 N–H and O–H groups in total. The number of benzene rings is 2. The second-order valence-electron chi connectivity index (χ2n) is 7.87. The van der Waals surface area contributed by atoms with Gasteiger partial charge in [-0.1, -0.05) is 29.3 Å². The first kappa shape index (κ1) is 27.7. The summed E-state index contributed by atoms with van der Waals surface area (Å²) in [4.78, 5) is 19.0. The van der Waals surface area contributed by atoms with Crippen LogP contribution in [0.5, 0.6) is 0 Å². The lowest BCUT2D eigenvalue weighted by Crippen LogP contribution is -2.47. The maximum absolute atomic E-state index is 12.7. The molecule has 0 aliphatic carbocycles. The Bertz CT molecular complexity index is 1110.